The van der Waals surface area contributed by atoms with Crippen LogP contribution in [0.3, 0.4) is 0 Å². The molecule has 0 atom stereocenters. The summed E-state index contributed by atoms with van der Waals surface area (Å²) < 4.78 is 6.93. The highest BCUT2D eigenvalue weighted by Crippen LogP contribution is 2.31. The number of hydrogen-bond acceptors (Lipinski definition) is 7. The van der Waals surface area contributed by atoms with E-state index < -0.39 is 0 Å². The number of hydrazone groups is 1. The lowest BCUT2D eigenvalue weighted by molar-refractivity contribution is 0.0957. The van der Waals surface area contributed by atoms with E-state index in [9.17, 15) is 9.59 Å². The Balaban J connectivity index is 1.39. The van der Waals surface area contributed by atoms with Crippen molar-refractivity contribution < 1.29 is 14.0 Å². The molecule has 1 aliphatic rings. The number of furan rings is 1. The largest absolute Gasteiger partial charge is 0.455 e. The Morgan fingerprint density at radius 1 is 1.13 bits per heavy atom. The van der Waals surface area contributed by atoms with Crippen molar-refractivity contribution >= 4 is 55.5 Å². The predicted octanol–water partition coefficient (Wildman–Crippen LogP) is 4.98. The minimum Gasteiger partial charge on any atom is -0.455 e. The van der Waals surface area contributed by atoms with Gasteiger partial charge in [0.25, 0.3) is 11.8 Å². The molecule has 7 nitrogen and oxygen atoms in total. The first-order chi connectivity index (χ1) is 15.1. The Labute approximate surface area is 185 Å². The number of anilines is 1. The van der Waals surface area contributed by atoms with Crippen molar-refractivity contribution in [2.45, 2.75) is 26.2 Å². The summed E-state index contributed by atoms with van der Waals surface area (Å²) in [5.41, 5.74) is 5.73. The standard InChI is InChI=1S/C22H18N4O3S2/c1-12-18-14(25-26-20(27)17-10-5-11-30-17)7-4-8-15(18)29-19(12)21(28)24-22-23-13-6-2-3-9-16(13)31-22/h2-3,5-6,9-11H,4,7-8H2,1H3,(H,26,27)(H,23,24,28)/b25-14+. The van der Waals surface area contributed by atoms with Gasteiger partial charge in [0, 0.05) is 17.5 Å². The van der Waals surface area contributed by atoms with Gasteiger partial charge in [0.2, 0.25) is 0 Å². The van der Waals surface area contributed by atoms with Gasteiger partial charge in [-0.15, -0.1) is 11.3 Å². The molecule has 0 saturated heterocycles. The molecular formula is C22H18N4O3S2. The van der Waals surface area contributed by atoms with Gasteiger partial charge in [-0.3, -0.25) is 14.9 Å². The van der Waals surface area contributed by atoms with Gasteiger partial charge in [-0.05, 0) is 43.3 Å². The van der Waals surface area contributed by atoms with Crippen molar-refractivity contribution in [2.24, 2.45) is 5.10 Å². The van der Waals surface area contributed by atoms with Crippen LogP contribution < -0.4 is 10.7 Å². The van der Waals surface area contributed by atoms with Gasteiger partial charge in [-0.25, -0.2) is 10.4 Å². The number of nitrogens with one attached hydrogen (secondary N) is 2. The molecule has 3 heterocycles. The zero-order chi connectivity index (χ0) is 21.4. The van der Waals surface area contributed by atoms with E-state index in [-0.39, 0.29) is 17.6 Å². The van der Waals surface area contributed by atoms with Crippen molar-refractivity contribution in [3.8, 4) is 0 Å². The summed E-state index contributed by atoms with van der Waals surface area (Å²) in [6.07, 6.45) is 2.27. The Kier molecular flexibility index (Phi) is 5.13. The SMILES string of the molecule is Cc1c(C(=O)Nc2nc3ccccc3s2)oc2c1/C(=N/NC(=O)c1cccs1)CCC2. The van der Waals surface area contributed by atoms with Crippen LogP contribution in [0.15, 0.2) is 51.3 Å². The Morgan fingerprint density at radius 3 is 2.81 bits per heavy atom. The Morgan fingerprint density at radius 2 is 2.00 bits per heavy atom. The van der Waals surface area contributed by atoms with E-state index in [1.54, 1.807) is 6.07 Å². The summed E-state index contributed by atoms with van der Waals surface area (Å²) in [7, 11) is 0. The molecule has 2 N–H and O–H groups in total. The molecule has 1 aliphatic carbocycles. The monoisotopic (exact) mass is 450 g/mol. The number of hydrogen-bond donors (Lipinski definition) is 2. The smallest absolute Gasteiger partial charge is 0.293 e. The minimum atomic E-state index is -0.340. The fourth-order valence-corrected chi connectivity index (χ4v) is 5.13. The highest BCUT2D eigenvalue weighted by Gasteiger charge is 2.28. The number of aryl methyl sites for hydroxylation is 1. The Bertz CT molecular complexity index is 1280. The van der Waals surface area contributed by atoms with Gasteiger partial charge in [0.1, 0.15) is 5.76 Å². The maximum absolute atomic E-state index is 12.9. The molecule has 0 saturated carbocycles. The Hall–Kier alpha value is -3.30. The van der Waals surface area contributed by atoms with Crippen molar-refractivity contribution in [1.82, 2.24) is 10.4 Å². The third-order valence-corrected chi connectivity index (χ3v) is 6.90. The van der Waals surface area contributed by atoms with Gasteiger partial charge in [0.15, 0.2) is 10.9 Å². The van der Waals surface area contributed by atoms with Gasteiger partial charge < -0.3 is 4.42 Å². The van der Waals surface area contributed by atoms with Gasteiger partial charge in [-0.2, -0.15) is 5.10 Å². The molecule has 0 aliphatic heterocycles. The van der Waals surface area contributed by atoms with Crippen LogP contribution in [0.25, 0.3) is 10.2 Å². The van der Waals surface area contributed by atoms with E-state index in [4.69, 9.17) is 4.42 Å². The molecule has 31 heavy (non-hydrogen) atoms. The van der Waals surface area contributed by atoms with E-state index in [0.29, 0.717) is 16.4 Å². The van der Waals surface area contributed by atoms with Crippen LogP contribution in [0.5, 0.6) is 0 Å². The number of carbonyl (C=O) groups excluding carboxylic acids is 2. The summed E-state index contributed by atoms with van der Waals surface area (Å²) >= 11 is 2.78. The van der Waals surface area contributed by atoms with E-state index in [0.717, 1.165) is 45.7 Å². The maximum atomic E-state index is 12.9. The third kappa shape index (κ3) is 3.77. The molecular weight excluding hydrogens is 432 g/mol. The normalized spacial score (nSPS) is 14.5. The lowest BCUT2D eigenvalue weighted by Gasteiger charge is -2.13. The van der Waals surface area contributed by atoms with E-state index in [1.807, 2.05) is 42.6 Å². The molecule has 4 aromatic rings. The first-order valence-electron chi connectivity index (χ1n) is 9.80. The number of para-hydroxylation sites is 1. The molecule has 0 spiro atoms. The molecule has 3 aromatic heterocycles. The second-order valence-electron chi connectivity index (χ2n) is 7.13. The number of fused-ring (bicyclic) bond motifs is 2. The van der Waals surface area contributed by atoms with Crippen molar-refractivity contribution in [3.63, 3.8) is 0 Å². The summed E-state index contributed by atoms with van der Waals surface area (Å²) in [6, 6.07) is 11.3. The van der Waals surface area contributed by atoms with Crippen molar-refractivity contribution in [2.75, 3.05) is 5.32 Å². The molecule has 1 aromatic carbocycles. The summed E-state index contributed by atoms with van der Waals surface area (Å²) in [5, 5.41) is 9.57. The average molecular weight is 451 g/mol. The summed E-state index contributed by atoms with van der Waals surface area (Å²) in [4.78, 5) is 30.2. The number of nitrogens with zero attached hydrogens (tertiary/aromatic N) is 2. The molecule has 0 unspecified atom stereocenters. The minimum absolute atomic E-state index is 0.246. The quantitative estimate of drug-likeness (QED) is 0.429. The average Bonchev–Trinajstić information content (AvgIpc) is 3.50. The fourth-order valence-electron chi connectivity index (χ4n) is 3.66. The highest BCUT2D eigenvalue weighted by atomic mass is 32.1. The molecule has 0 bridgehead atoms. The zero-order valence-electron chi connectivity index (χ0n) is 16.6. The molecule has 0 fully saturated rings. The van der Waals surface area contributed by atoms with E-state index >= 15 is 0 Å². The van der Waals surface area contributed by atoms with E-state index in [1.165, 1.54) is 22.7 Å². The van der Waals surface area contributed by atoms with Gasteiger partial charge in [0.05, 0.1) is 20.8 Å². The second-order valence-corrected chi connectivity index (χ2v) is 9.10. The molecule has 156 valence electrons. The van der Waals surface area contributed by atoms with Crippen LogP contribution in [0, 0.1) is 6.92 Å². The van der Waals surface area contributed by atoms with Crippen LogP contribution in [0.4, 0.5) is 5.13 Å². The fraction of sp³-hybridized carbons (Fsp3) is 0.182. The number of rotatable bonds is 4. The van der Waals surface area contributed by atoms with Crippen LogP contribution in [-0.2, 0) is 6.42 Å². The van der Waals surface area contributed by atoms with Crippen LogP contribution in [0.2, 0.25) is 0 Å². The molecule has 5 rings (SSSR count). The predicted molar refractivity (Wildman–Crippen MR) is 122 cm³/mol. The number of thiazole rings is 1. The topological polar surface area (TPSA) is 96.6 Å². The van der Waals surface area contributed by atoms with Gasteiger partial charge in [-0.1, -0.05) is 29.5 Å². The number of benzene rings is 1. The van der Waals surface area contributed by atoms with Crippen LogP contribution in [0.1, 0.15) is 50.0 Å². The number of aromatic nitrogens is 1. The van der Waals surface area contributed by atoms with E-state index in [2.05, 4.69) is 20.8 Å². The summed E-state index contributed by atoms with van der Waals surface area (Å²) in [6.45, 7) is 1.84. The third-order valence-electron chi connectivity index (χ3n) is 5.08. The molecule has 2 amide bonds. The lowest BCUT2D eigenvalue weighted by Crippen LogP contribution is -2.21. The number of carbonyl (C=O) groups is 2. The van der Waals surface area contributed by atoms with Crippen LogP contribution in [-0.4, -0.2) is 22.5 Å². The van der Waals surface area contributed by atoms with Crippen LogP contribution >= 0.6 is 22.7 Å². The first-order valence-corrected chi connectivity index (χ1v) is 11.5. The lowest BCUT2D eigenvalue weighted by atomic mass is 9.93. The van der Waals surface area contributed by atoms with Crippen molar-refractivity contribution in [3.05, 3.63) is 69.3 Å². The summed E-state index contributed by atoms with van der Waals surface area (Å²) in [5.74, 6) is 0.392. The van der Waals surface area contributed by atoms with Crippen molar-refractivity contribution in [1.29, 1.82) is 0 Å². The highest BCUT2D eigenvalue weighted by molar-refractivity contribution is 7.22. The molecule has 0 radical (unpaired) electrons. The number of amides is 2. The number of thiophene rings is 1. The second kappa shape index (κ2) is 8.09. The van der Waals surface area contributed by atoms with Gasteiger partial charge >= 0.3 is 0 Å². The maximum Gasteiger partial charge on any atom is 0.293 e. The molecule has 9 heteroatoms. The zero-order valence-corrected chi connectivity index (χ0v) is 18.2. The first kappa shape index (κ1) is 19.7.